The first-order valence-electron chi connectivity index (χ1n) is 11.9. The second-order valence-electron chi connectivity index (χ2n) is 8.79. The van der Waals surface area contributed by atoms with Crippen molar-refractivity contribution in [2.45, 2.75) is 52.6 Å². The molecule has 3 rings (SSSR count). The second-order valence-corrected chi connectivity index (χ2v) is 9.85. The van der Waals surface area contributed by atoms with Gasteiger partial charge in [-0.25, -0.2) is 4.79 Å². The number of methoxy groups -OCH3 is 2. The SMILES string of the molecule is CCOC(=O)/C=c1\s/c(=C\c2ccc(OC)cc2OC)c(=O)n1CC(=O)NC1CCCC(C)C1C. The van der Waals surface area contributed by atoms with E-state index in [-0.39, 0.29) is 30.7 Å². The fourth-order valence-corrected chi connectivity index (χ4v) is 5.36. The van der Waals surface area contributed by atoms with Crippen molar-refractivity contribution in [2.75, 3.05) is 20.8 Å². The molecule has 1 aliphatic carbocycles. The van der Waals surface area contributed by atoms with Crippen molar-refractivity contribution in [3.63, 3.8) is 0 Å². The van der Waals surface area contributed by atoms with Gasteiger partial charge in [0.15, 0.2) is 0 Å². The molecule has 1 aromatic carbocycles. The van der Waals surface area contributed by atoms with Crippen LogP contribution in [0, 0.1) is 11.8 Å². The van der Waals surface area contributed by atoms with Gasteiger partial charge < -0.3 is 19.5 Å². The highest BCUT2D eigenvalue weighted by Crippen LogP contribution is 2.29. The standard InChI is InChI=1S/C26H34N2O6S/c1-6-34-25(30)14-24-28(15-23(29)27-20-9-7-8-16(2)17(20)3)26(31)22(35-24)12-18-10-11-19(32-4)13-21(18)33-5/h10-14,16-17,20H,6-9,15H2,1-5H3,(H,27,29)/b22-12-,24-14-. The molecule has 0 spiro atoms. The van der Waals surface area contributed by atoms with Crippen molar-refractivity contribution >= 4 is 35.4 Å². The average Bonchev–Trinajstić information content (AvgIpc) is 3.11. The third-order valence-electron chi connectivity index (χ3n) is 6.55. The van der Waals surface area contributed by atoms with E-state index in [0.717, 1.165) is 30.6 Å². The van der Waals surface area contributed by atoms with Gasteiger partial charge in [0, 0.05) is 17.7 Å². The zero-order chi connectivity index (χ0) is 25.5. The van der Waals surface area contributed by atoms with E-state index in [2.05, 4.69) is 19.2 Å². The number of aromatic nitrogens is 1. The maximum Gasteiger partial charge on any atom is 0.333 e. The number of esters is 1. The minimum atomic E-state index is -0.564. The summed E-state index contributed by atoms with van der Waals surface area (Å²) in [5, 5.41) is 3.10. The lowest BCUT2D eigenvalue weighted by molar-refractivity contribution is -0.135. The lowest BCUT2D eigenvalue weighted by atomic mass is 9.78. The van der Waals surface area contributed by atoms with Crippen LogP contribution in [-0.2, 0) is 20.9 Å². The first-order chi connectivity index (χ1) is 16.8. The molecule has 1 saturated carbocycles. The minimum absolute atomic E-state index is 0.0765. The van der Waals surface area contributed by atoms with Crippen LogP contribution in [0.25, 0.3) is 12.2 Å². The van der Waals surface area contributed by atoms with Crippen molar-refractivity contribution < 1.29 is 23.8 Å². The molecule has 1 aliphatic rings. The number of carbonyl (C=O) groups is 2. The Morgan fingerprint density at radius 3 is 2.66 bits per heavy atom. The van der Waals surface area contributed by atoms with Crippen LogP contribution in [0.5, 0.6) is 11.5 Å². The highest BCUT2D eigenvalue weighted by molar-refractivity contribution is 7.07. The molecule has 8 nitrogen and oxygen atoms in total. The summed E-state index contributed by atoms with van der Waals surface area (Å²) in [5.74, 6) is 1.25. The Morgan fingerprint density at radius 2 is 1.97 bits per heavy atom. The van der Waals surface area contributed by atoms with Gasteiger partial charge in [-0.15, -0.1) is 11.3 Å². The van der Waals surface area contributed by atoms with E-state index in [1.165, 1.54) is 17.8 Å². The van der Waals surface area contributed by atoms with Crippen molar-refractivity contribution in [1.82, 2.24) is 9.88 Å². The molecule has 0 bridgehead atoms. The second kappa shape index (κ2) is 12.1. The molecule has 3 atom stereocenters. The number of hydrogen-bond donors (Lipinski definition) is 1. The highest BCUT2D eigenvalue weighted by Gasteiger charge is 2.28. The molecule has 0 aliphatic heterocycles. The number of nitrogens with one attached hydrogen (secondary N) is 1. The molecule has 0 radical (unpaired) electrons. The van der Waals surface area contributed by atoms with Gasteiger partial charge in [-0.05, 0) is 43.4 Å². The van der Waals surface area contributed by atoms with E-state index >= 15 is 0 Å². The van der Waals surface area contributed by atoms with Crippen LogP contribution >= 0.6 is 11.3 Å². The van der Waals surface area contributed by atoms with Gasteiger partial charge in [-0.1, -0.05) is 26.7 Å². The third-order valence-corrected chi connectivity index (χ3v) is 7.61. The molecule has 1 aromatic heterocycles. The third kappa shape index (κ3) is 6.54. The largest absolute Gasteiger partial charge is 0.497 e. The highest BCUT2D eigenvalue weighted by atomic mass is 32.1. The molecule has 1 heterocycles. The molecule has 1 amide bonds. The van der Waals surface area contributed by atoms with Crippen molar-refractivity contribution in [3.8, 4) is 11.5 Å². The zero-order valence-corrected chi connectivity index (χ0v) is 21.8. The van der Waals surface area contributed by atoms with Crippen LogP contribution in [0.4, 0.5) is 0 Å². The summed E-state index contributed by atoms with van der Waals surface area (Å²) in [7, 11) is 3.10. The zero-order valence-electron chi connectivity index (χ0n) is 21.0. The molecule has 3 unspecified atom stereocenters. The van der Waals surface area contributed by atoms with Crippen LogP contribution in [-0.4, -0.2) is 43.3 Å². The van der Waals surface area contributed by atoms with Gasteiger partial charge in [0.1, 0.15) is 22.7 Å². The summed E-state index contributed by atoms with van der Waals surface area (Å²) in [5.41, 5.74) is 0.319. The van der Waals surface area contributed by atoms with Crippen molar-refractivity contribution in [1.29, 1.82) is 0 Å². The van der Waals surface area contributed by atoms with Gasteiger partial charge >= 0.3 is 5.97 Å². The van der Waals surface area contributed by atoms with Gasteiger partial charge in [0.25, 0.3) is 5.56 Å². The predicted octanol–water partition coefficient (Wildman–Crippen LogP) is 2.04. The number of hydrogen-bond acceptors (Lipinski definition) is 7. The summed E-state index contributed by atoms with van der Waals surface area (Å²) >= 11 is 1.13. The average molecular weight is 503 g/mol. The number of amides is 1. The number of carbonyl (C=O) groups excluding carboxylic acids is 2. The Balaban J connectivity index is 1.99. The Bertz CT molecular complexity index is 1230. The van der Waals surface area contributed by atoms with Crippen LogP contribution in [0.15, 0.2) is 23.0 Å². The lowest BCUT2D eigenvalue weighted by Gasteiger charge is -2.34. The number of benzene rings is 1. The van der Waals surface area contributed by atoms with E-state index in [4.69, 9.17) is 14.2 Å². The van der Waals surface area contributed by atoms with E-state index in [1.807, 2.05) is 0 Å². The van der Waals surface area contributed by atoms with Crippen LogP contribution < -0.4 is 29.5 Å². The topological polar surface area (TPSA) is 95.9 Å². The van der Waals surface area contributed by atoms with E-state index in [0.29, 0.717) is 38.1 Å². The summed E-state index contributed by atoms with van der Waals surface area (Å²) in [4.78, 5) is 38.4. The number of nitrogens with zero attached hydrogens (tertiary/aromatic N) is 1. The van der Waals surface area contributed by atoms with Crippen molar-refractivity contribution in [2.24, 2.45) is 11.8 Å². The maximum absolute atomic E-state index is 13.3. The summed E-state index contributed by atoms with van der Waals surface area (Å²) < 4.78 is 17.8. The van der Waals surface area contributed by atoms with Gasteiger partial charge in [0.2, 0.25) is 5.91 Å². The Hall–Kier alpha value is -3.07. The normalized spacial score (nSPS) is 21.0. The molecular weight excluding hydrogens is 468 g/mol. The Kier molecular flexibility index (Phi) is 9.14. The number of ether oxygens (including phenoxy) is 3. The molecule has 9 heteroatoms. The van der Waals surface area contributed by atoms with Crippen LogP contribution in [0.3, 0.4) is 0 Å². The van der Waals surface area contributed by atoms with E-state index in [9.17, 15) is 14.4 Å². The Labute approximate surface area is 209 Å². The van der Waals surface area contributed by atoms with Gasteiger partial charge in [-0.2, -0.15) is 0 Å². The van der Waals surface area contributed by atoms with Crippen LogP contribution in [0.1, 0.15) is 45.6 Å². The molecule has 190 valence electrons. The predicted molar refractivity (Wildman–Crippen MR) is 136 cm³/mol. The van der Waals surface area contributed by atoms with Gasteiger partial charge in [-0.3, -0.25) is 14.2 Å². The van der Waals surface area contributed by atoms with Crippen LogP contribution in [0.2, 0.25) is 0 Å². The Morgan fingerprint density at radius 1 is 1.20 bits per heavy atom. The monoisotopic (exact) mass is 502 g/mol. The van der Waals surface area contributed by atoms with Crippen molar-refractivity contribution in [3.05, 3.63) is 43.3 Å². The molecular formula is C26H34N2O6S. The summed E-state index contributed by atoms with van der Waals surface area (Å²) in [6, 6.07) is 5.36. The minimum Gasteiger partial charge on any atom is -0.497 e. The van der Waals surface area contributed by atoms with E-state index in [1.54, 1.807) is 38.3 Å². The fraction of sp³-hybridized carbons (Fsp3) is 0.500. The molecule has 2 aromatic rings. The smallest absolute Gasteiger partial charge is 0.333 e. The molecule has 0 saturated heterocycles. The first kappa shape index (κ1) is 26.5. The molecule has 1 fully saturated rings. The lowest BCUT2D eigenvalue weighted by Crippen LogP contribution is -2.46. The molecule has 1 N–H and O–H groups in total. The van der Waals surface area contributed by atoms with Gasteiger partial charge in [0.05, 0.1) is 31.4 Å². The number of rotatable bonds is 8. The molecule has 35 heavy (non-hydrogen) atoms. The summed E-state index contributed by atoms with van der Waals surface area (Å²) in [6.45, 7) is 6.11. The maximum atomic E-state index is 13.3. The fourth-order valence-electron chi connectivity index (χ4n) is 4.34. The summed E-state index contributed by atoms with van der Waals surface area (Å²) in [6.07, 6.45) is 6.10. The number of thiazole rings is 1. The quantitative estimate of drug-likeness (QED) is 0.555. The van der Waals surface area contributed by atoms with E-state index < -0.39 is 5.97 Å². The first-order valence-corrected chi connectivity index (χ1v) is 12.7.